The number of ether oxygens (including phenoxy) is 1. The molecule has 16 heavy (non-hydrogen) atoms. The first-order valence-corrected chi connectivity index (χ1v) is 5.08. The van der Waals surface area contributed by atoms with Crippen LogP contribution in [0, 0.1) is 0 Å². The van der Waals surface area contributed by atoms with Crippen molar-refractivity contribution in [1.29, 1.82) is 0 Å². The van der Waals surface area contributed by atoms with E-state index in [1.807, 2.05) is 18.2 Å². The summed E-state index contributed by atoms with van der Waals surface area (Å²) in [6, 6.07) is 8.04. The summed E-state index contributed by atoms with van der Waals surface area (Å²) in [5, 5.41) is 8.54. The van der Waals surface area contributed by atoms with Gasteiger partial charge >= 0.3 is 0 Å². The monoisotopic (exact) mass is 224 g/mol. The van der Waals surface area contributed by atoms with Gasteiger partial charge in [-0.3, -0.25) is 4.79 Å². The first-order chi connectivity index (χ1) is 7.81. The highest BCUT2D eigenvalue weighted by Crippen LogP contribution is 2.26. The minimum absolute atomic E-state index is 0.0971. The summed E-state index contributed by atoms with van der Waals surface area (Å²) in [5.41, 5.74) is 7.57. The first-order valence-electron chi connectivity index (χ1n) is 5.08. The number of hydrogen-bond donors (Lipinski definition) is 3. The molecule has 5 nitrogen and oxygen atoms in total. The minimum atomic E-state index is 0.0971. The number of benzene rings is 1. The third-order valence-corrected chi connectivity index (χ3v) is 2.32. The number of hydroxylamine groups is 1. The van der Waals surface area contributed by atoms with Gasteiger partial charge in [0.1, 0.15) is 11.9 Å². The van der Waals surface area contributed by atoms with Gasteiger partial charge < -0.3 is 15.7 Å². The van der Waals surface area contributed by atoms with Crippen LogP contribution in [0.5, 0.6) is 5.75 Å². The van der Waals surface area contributed by atoms with Crippen molar-refractivity contribution in [3.8, 4) is 5.75 Å². The number of para-hydroxylation sites is 1. The highest BCUT2D eigenvalue weighted by Gasteiger charge is 2.18. The lowest BCUT2D eigenvalue weighted by Crippen LogP contribution is -2.32. The Morgan fingerprint density at radius 1 is 1.56 bits per heavy atom. The lowest BCUT2D eigenvalue weighted by molar-refractivity contribution is -0.106. The molecule has 0 bridgehead atoms. The molecule has 0 saturated carbocycles. The first kappa shape index (κ1) is 12.5. The molecular weight excluding hydrogens is 208 g/mol. The Morgan fingerprint density at radius 3 is 2.94 bits per heavy atom. The predicted molar refractivity (Wildman–Crippen MR) is 59.2 cm³/mol. The molecule has 1 unspecified atom stereocenters. The van der Waals surface area contributed by atoms with Gasteiger partial charge in [0.15, 0.2) is 0 Å². The normalized spacial score (nSPS) is 17.4. The standard InChI is InChI=1S/C10H13NO2.CH3NO/c12-11-7-9-6-5-8-3-1-2-4-10(8)13-9;2-1-3/h1-4,9,11-12H,5-7H2;1H,(H2,2,3). The number of nitrogens with two attached hydrogens (primary N) is 1. The molecule has 4 N–H and O–H groups in total. The van der Waals surface area contributed by atoms with Gasteiger partial charge in [-0.1, -0.05) is 18.2 Å². The summed E-state index contributed by atoms with van der Waals surface area (Å²) < 4.78 is 5.65. The van der Waals surface area contributed by atoms with E-state index in [0.29, 0.717) is 6.54 Å². The fraction of sp³-hybridized carbons (Fsp3) is 0.364. The summed E-state index contributed by atoms with van der Waals surface area (Å²) in [7, 11) is 0. The van der Waals surface area contributed by atoms with Crippen LogP contribution in [0.3, 0.4) is 0 Å². The fourth-order valence-electron chi connectivity index (χ4n) is 1.63. The molecule has 0 spiro atoms. The SMILES string of the molecule is NC=O.ONCC1CCc2ccccc2O1. The van der Waals surface area contributed by atoms with Crippen LogP contribution < -0.4 is 16.0 Å². The molecule has 1 aromatic rings. The van der Waals surface area contributed by atoms with Crippen molar-refractivity contribution < 1.29 is 14.7 Å². The molecule has 88 valence electrons. The van der Waals surface area contributed by atoms with Crippen molar-refractivity contribution in [2.45, 2.75) is 18.9 Å². The van der Waals surface area contributed by atoms with E-state index in [2.05, 4.69) is 17.3 Å². The van der Waals surface area contributed by atoms with Crippen LogP contribution in [0.4, 0.5) is 0 Å². The maximum absolute atomic E-state index is 8.58. The number of nitrogens with one attached hydrogen (secondary N) is 1. The minimum Gasteiger partial charge on any atom is -0.489 e. The van der Waals surface area contributed by atoms with Crippen molar-refractivity contribution in [3.63, 3.8) is 0 Å². The average Bonchev–Trinajstić information content (AvgIpc) is 2.30. The van der Waals surface area contributed by atoms with Gasteiger partial charge in [0.2, 0.25) is 6.41 Å². The number of hydrogen-bond acceptors (Lipinski definition) is 4. The van der Waals surface area contributed by atoms with Gasteiger partial charge in [0.25, 0.3) is 0 Å². The third-order valence-electron chi connectivity index (χ3n) is 2.32. The molecule has 1 heterocycles. The molecular formula is C11H16N2O3. The van der Waals surface area contributed by atoms with Gasteiger partial charge in [0, 0.05) is 0 Å². The molecule has 0 aliphatic carbocycles. The van der Waals surface area contributed by atoms with Gasteiger partial charge in [0.05, 0.1) is 6.54 Å². The maximum atomic E-state index is 8.58. The van der Waals surface area contributed by atoms with Gasteiger partial charge in [-0.15, -0.1) is 0 Å². The van der Waals surface area contributed by atoms with Crippen LogP contribution in [0.15, 0.2) is 24.3 Å². The van der Waals surface area contributed by atoms with Gasteiger partial charge in [-0.2, -0.15) is 0 Å². The number of rotatable bonds is 2. The summed E-state index contributed by atoms with van der Waals surface area (Å²) in [6.45, 7) is 0.494. The Labute approximate surface area is 94.2 Å². The van der Waals surface area contributed by atoms with Crippen molar-refractivity contribution in [2.24, 2.45) is 5.73 Å². The molecule has 0 fully saturated rings. The molecule has 1 amide bonds. The van der Waals surface area contributed by atoms with E-state index in [0.717, 1.165) is 18.6 Å². The molecule has 1 aliphatic rings. The Kier molecular flexibility index (Phi) is 5.31. The van der Waals surface area contributed by atoms with Crippen LogP contribution in [0.1, 0.15) is 12.0 Å². The molecule has 0 radical (unpaired) electrons. The van der Waals surface area contributed by atoms with E-state index in [1.165, 1.54) is 5.56 Å². The molecule has 5 heteroatoms. The molecule has 1 aliphatic heterocycles. The maximum Gasteiger partial charge on any atom is 0.204 e. The van der Waals surface area contributed by atoms with Crippen LogP contribution in [-0.2, 0) is 11.2 Å². The molecule has 1 aromatic carbocycles. The molecule has 0 saturated heterocycles. The Balaban J connectivity index is 0.000000386. The fourth-order valence-corrected chi connectivity index (χ4v) is 1.63. The quantitative estimate of drug-likeness (QED) is 0.503. The van der Waals surface area contributed by atoms with E-state index < -0.39 is 0 Å². The Hall–Kier alpha value is -1.59. The highest BCUT2D eigenvalue weighted by atomic mass is 16.5. The molecule has 2 rings (SSSR count). The zero-order valence-electron chi connectivity index (χ0n) is 8.93. The second-order valence-corrected chi connectivity index (χ2v) is 3.38. The number of carbonyl (C=O) groups excluding carboxylic acids is 1. The number of primary amides is 1. The second-order valence-electron chi connectivity index (χ2n) is 3.38. The second kappa shape index (κ2) is 6.81. The highest BCUT2D eigenvalue weighted by molar-refractivity contribution is 5.42. The van der Waals surface area contributed by atoms with Gasteiger partial charge in [-0.05, 0) is 24.5 Å². The van der Waals surface area contributed by atoms with Crippen LogP contribution in [0.2, 0.25) is 0 Å². The molecule has 1 atom stereocenters. The lowest BCUT2D eigenvalue weighted by Gasteiger charge is -2.25. The zero-order valence-corrected chi connectivity index (χ0v) is 8.93. The van der Waals surface area contributed by atoms with E-state index in [9.17, 15) is 0 Å². The van der Waals surface area contributed by atoms with Crippen LogP contribution in [-0.4, -0.2) is 24.3 Å². The topological polar surface area (TPSA) is 84.6 Å². The Morgan fingerprint density at radius 2 is 2.25 bits per heavy atom. The number of aryl methyl sites for hydroxylation is 1. The largest absolute Gasteiger partial charge is 0.489 e. The number of amides is 1. The van der Waals surface area contributed by atoms with Crippen LogP contribution in [0.25, 0.3) is 0 Å². The van der Waals surface area contributed by atoms with E-state index >= 15 is 0 Å². The van der Waals surface area contributed by atoms with Crippen LogP contribution >= 0.6 is 0 Å². The summed E-state index contributed by atoms with van der Waals surface area (Å²) in [4.78, 5) is 8.58. The summed E-state index contributed by atoms with van der Waals surface area (Å²) >= 11 is 0. The third kappa shape index (κ3) is 3.52. The predicted octanol–water partition coefficient (Wildman–Crippen LogP) is 0.461. The summed E-state index contributed by atoms with van der Waals surface area (Å²) in [6.07, 6.45) is 2.34. The van der Waals surface area contributed by atoms with E-state index in [-0.39, 0.29) is 12.5 Å². The molecule has 0 aromatic heterocycles. The van der Waals surface area contributed by atoms with Crippen molar-refractivity contribution >= 4 is 6.41 Å². The number of carbonyl (C=O) groups is 1. The van der Waals surface area contributed by atoms with E-state index in [4.69, 9.17) is 14.7 Å². The van der Waals surface area contributed by atoms with Gasteiger partial charge in [-0.25, -0.2) is 5.48 Å². The van der Waals surface area contributed by atoms with Crippen molar-refractivity contribution in [2.75, 3.05) is 6.54 Å². The zero-order chi connectivity index (χ0) is 11.8. The average molecular weight is 224 g/mol. The Bertz CT molecular complexity index is 331. The summed E-state index contributed by atoms with van der Waals surface area (Å²) in [5.74, 6) is 0.953. The lowest BCUT2D eigenvalue weighted by atomic mass is 10.0. The smallest absolute Gasteiger partial charge is 0.204 e. The van der Waals surface area contributed by atoms with Crippen molar-refractivity contribution in [1.82, 2.24) is 5.48 Å². The van der Waals surface area contributed by atoms with Crippen molar-refractivity contribution in [3.05, 3.63) is 29.8 Å². The number of fused-ring (bicyclic) bond motifs is 1. The van der Waals surface area contributed by atoms with E-state index in [1.54, 1.807) is 0 Å².